The Morgan fingerprint density at radius 2 is 2.12 bits per heavy atom. The highest BCUT2D eigenvalue weighted by Gasteiger charge is 2.22. The van der Waals surface area contributed by atoms with Crippen LogP contribution in [0.2, 0.25) is 0 Å². The van der Waals surface area contributed by atoms with Crippen molar-refractivity contribution >= 4 is 44.0 Å². The second-order valence-corrected chi connectivity index (χ2v) is 7.66. The summed E-state index contributed by atoms with van der Waals surface area (Å²) in [5.74, 6) is 0. The highest BCUT2D eigenvalue weighted by atomic mass is 32.1. The van der Waals surface area contributed by atoms with Gasteiger partial charge in [-0.2, -0.15) is 0 Å². The van der Waals surface area contributed by atoms with E-state index in [2.05, 4.69) is 33.3 Å². The number of fused-ring (bicyclic) bond motifs is 1. The van der Waals surface area contributed by atoms with Crippen LogP contribution in [0.25, 0.3) is 10.2 Å². The zero-order valence-corrected chi connectivity index (χ0v) is 15.2. The van der Waals surface area contributed by atoms with Crippen LogP contribution in [0.1, 0.15) is 12.8 Å². The first kappa shape index (κ1) is 16.1. The lowest BCUT2D eigenvalue weighted by Gasteiger charge is -2.36. The Bertz CT molecular complexity index is 672. The van der Waals surface area contributed by atoms with E-state index in [1.54, 1.807) is 11.3 Å². The molecule has 5 nitrogen and oxygen atoms in total. The van der Waals surface area contributed by atoms with E-state index in [1.807, 2.05) is 6.07 Å². The monoisotopic (exact) mass is 362 g/mol. The summed E-state index contributed by atoms with van der Waals surface area (Å²) in [5.41, 5.74) is 1.09. The quantitative estimate of drug-likeness (QED) is 0.846. The van der Waals surface area contributed by atoms with Crippen LogP contribution in [-0.4, -0.2) is 60.4 Å². The zero-order chi connectivity index (χ0) is 16.4. The van der Waals surface area contributed by atoms with Gasteiger partial charge in [-0.05, 0) is 37.2 Å². The first-order valence-electron chi connectivity index (χ1n) is 8.54. The minimum Gasteiger partial charge on any atom is -0.376 e. The third kappa shape index (κ3) is 3.48. The van der Waals surface area contributed by atoms with Crippen LogP contribution >= 0.6 is 23.6 Å². The topological polar surface area (TPSA) is 40.6 Å². The summed E-state index contributed by atoms with van der Waals surface area (Å²) >= 11 is 7.32. The zero-order valence-electron chi connectivity index (χ0n) is 13.6. The average Bonchev–Trinajstić information content (AvgIpc) is 3.29. The number of aromatic nitrogens is 1. The first-order valence-corrected chi connectivity index (χ1v) is 9.77. The van der Waals surface area contributed by atoms with Gasteiger partial charge < -0.3 is 19.9 Å². The molecular formula is C17H22N4OS2. The van der Waals surface area contributed by atoms with Gasteiger partial charge in [0.05, 0.1) is 16.3 Å². The van der Waals surface area contributed by atoms with Gasteiger partial charge in [-0.25, -0.2) is 4.98 Å². The number of nitrogens with one attached hydrogen (secondary N) is 1. The number of ether oxygens (including phenoxy) is 1. The molecule has 0 spiro atoms. The molecule has 0 amide bonds. The Hall–Kier alpha value is -1.44. The Kier molecular flexibility index (Phi) is 4.82. The SMILES string of the molecule is S=C(NC[C@@H]1CCCO1)N1CCN(c2nc3ccccc3s2)CC1. The number of thiocarbonyl (C=S) groups is 1. The minimum atomic E-state index is 0.326. The molecule has 2 saturated heterocycles. The molecule has 0 saturated carbocycles. The fraction of sp³-hybridized carbons (Fsp3) is 0.529. The number of para-hydroxylation sites is 1. The fourth-order valence-corrected chi connectivity index (χ4v) is 4.50. The van der Waals surface area contributed by atoms with E-state index in [-0.39, 0.29) is 0 Å². The van der Waals surface area contributed by atoms with E-state index < -0.39 is 0 Å². The number of anilines is 1. The minimum absolute atomic E-state index is 0.326. The van der Waals surface area contributed by atoms with Gasteiger partial charge in [0, 0.05) is 39.3 Å². The molecule has 0 bridgehead atoms. The summed E-state index contributed by atoms with van der Waals surface area (Å²) in [6.07, 6.45) is 2.63. The van der Waals surface area contributed by atoms with Crippen molar-refractivity contribution in [2.75, 3.05) is 44.2 Å². The number of piperazine rings is 1. The molecule has 1 atom stereocenters. The third-order valence-electron chi connectivity index (χ3n) is 4.62. The number of hydrogen-bond donors (Lipinski definition) is 1. The van der Waals surface area contributed by atoms with Crippen LogP contribution in [0, 0.1) is 0 Å². The van der Waals surface area contributed by atoms with Gasteiger partial charge in [0.25, 0.3) is 0 Å². The second kappa shape index (κ2) is 7.21. The maximum absolute atomic E-state index is 5.64. The van der Waals surface area contributed by atoms with Crippen molar-refractivity contribution in [3.8, 4) is 0 Å². The molecule has 2 aromatic rings. The number of rotatable bonds is 3. The van der Waals surface area contributed by atoms with E-state index >= 15 is 0 Å². The normalized spacial score (nSPS) is 21.4. The molecule has 2 aliphatic heterocycles. The standard InChI is InChI=1S/C17H22N4OS2/c23-16(18-12-13-4-3-11-22-13)20-7-9-21(10-8-20)17-19-14-5-1-2-6-15(14)24-17/h1-2,5-6,13H,3-4,7-12H2,(H,18,23)/t13-/m0/s1. The van der Waals surface area contributed by atoms with Crippen LogP contribution in [0.15, 0.2) is 24.3 Å². The molecule has 2 aliphatic rings. The Morgan fingerprint density at radius 1 is 1.29 bits per heavy atom. The van der Waals surface area contributed by atoms with Gasteiger partial charge in [0.15, 0.2) is 10.2 Å². The summed E-state index contributed by atoms with van der Waals surface area (Å²) < 4.78 is 6.89. The molecule has 2 fully saturated rings. The fourth-order valence-electron chi connectivity index (χ4n) is 3.21. The van der Waals surface area contributed by atoms with E-state index in [0.717, 1.165) is 61.5 Å². The summed E-state index contributed by atoms with van der Waals surface area (Å²) in [7, 11) is 0. The predicted molar refractivity (Wildman–Crippen MR) is 103 cm³/mol. The van der Waals surface area contributed by atoms with Crippen LogP contribution in [0.5, 0.6) is 0 Å². The van der Waals surface area contributed by atoms with E-state index in [4.69, 9.17) is 21.9 Å². The highest BCUT2D eigenvalue weighted by molar-refractivity contribution is 7.80. The molecule has 1 aromatic heterocycles. The van der Waals surface area contributed by atoms with Crippen molar-refractivity contribution in [2.24, 2.45) is 0 Å². The first-order chi connectivity index (χ1) is 11.8. The maximum atomic E-state index is 5.64. The lowest BCUT2D eigenvalue weighted by molar-refractivity contribution is 0.113. The van der Waals surface area contributed by atoms with E-state index in [9.17, 15) is 0 Å². The van der Waals surface area contributed by atoms with Crippen molar-refractivity contribution in [1.82, 2.24) is 15.2 Å². The summed E-state index contributed by atoms with van der Waals surface area (Å²) in [6, 6.07) is 8.33. The molecule has 3 heterocycles. The lowest BCUT2D eigenvalue weighted by atomic mass is 10.2. The predicted octanol–water partition coefficient (Wildman–Crippen LogP) is 2.47. The van der Waals surface area contributed by atoms with Crippen molar-refractivity contribution in [1.29, 1.82) is 0 Å². The van der Waals surface area contributed by atoms with Gasteiger partial charge in [-0.1, -0.05) is 23.5 Å². The molecule has 4 rings (SSSR count). The van der Waals surface area contributed by atoms with Gasteiger partial charge in [0.2, 0.25) is 0 Å². The third-order valence-corrected chi connectivity index (χ3v) is 6.12. The molecule has 0 aliphatic carbocycles. The van der Waals surface area contributed by atoms with Crippen LogP contribution in [-0.2, 0) is 4.74 Å². The molecule has 128 valence electrons. The van der Waals surface area contributed by atoms with Crippen LogP contribution < -0.4 is 10.2 Å². The Morgan fingerprint density at radius 3 is 2.88 bits per heavy atom. The molecule has 24 heavy (non-hydrogen) atoms. The lowest BCUT2D eigenvalue weighted by Crippen LogP contribution is -2.52. The summed E-state index contributed by atoms with van der Waals surface area (Å²) in [5, 5.41) is 5.35. The van der Waals surface area contributed by atoms with Crippen molar-refractivity contribution in [3.63, 3.8) is 0 Å². The van der Waals surface area contributed by atoms with Crippen LogP contribution in [0.4, 0.5) is 5.13 Å². The molecule has 0 radical (unpaired) electrons. The summed E-state index contributed by atoms with van der Waals surface area (Å²) in [4.78, 5) is 9.38. The smallest absolute Gasteiger partial charge is 0.186 e. The van der Waals surface area contributed by atoms with Gasteiger partial charge >= 0.3 is 0 Å². The molecule has 1 N–H and O–H groups in total. The Labute approximate surface area is 151 Å². The maximum Gasteiger partial charge on any atom is 0.186 e. The van der Waals surface area contributed by atoms with E-state index in [0.29, 0.717) is 6.10 Å². The second-order valence-electron chi connectivity index (χ2n) is 6.26. The molecular weight excluding hydrogens is 340 g/mol. The van der Waals surface area contributed by atoms with E-state index in [1.165, 1.54) is 11.1 Å². The van der Waals surface area contributed by atoms with Crippen molar-refractivity contribution in [2.45, 2.75) is 18.9 Å². The van der Waals surface area contributed by atoms with Crippen molar-refractivity contribution in [3.05, 3.63) is 24.3 Å². The van der Waals surface area contributed by atoms with Crippen molar-refractivity contribution < 1.29 is 4.74 Å². The van der Waals surface area contributed by atoms with Gasteiger partial charge in [0.1, 0.15) is 0 Å². The number of benzene rings is 1. The highest BCUT2D eigenvalue weighted by Crippen LogP contribution is 2.29. The largest absolute Gasteiger partial charge is 0.376 e. The van der Waals surface area contributed by atoms with Gasteiger partial charge in [-0.15, -0.1) is 0 Å². The molecule has 7 heteroatoms. The molecule has 0 unspecified atom stereocenters. The molecule has 1 aromatic carbocycles. The van der Waals surface area contributed by atoms with Crippen LogP contribution in [0.3, 0.4) is 0 Å². The number of thiazole rings is 1. The number of nitrogens with zero attached hydrogens (tertiary/aromatic N) is 3. The average molecular weight is 363 g/mol. The van der Waals surface area contributed by atoms with Gasteiger partial charge in [-0.3, -0.25) is 0 Å². The Balaban J connectivity index is 1.30. The number of hydrogen-bond acceptors (Lipinski definition) is 5. The summed E-state index contributed by atoms with van der Waals surface area (Å²) in [6.45, 7) is 5.51.